The van der Waals surface area contributed by atoms with Crippen molar-refractivity contribution in [2.24, 2.45) is 0 Å². The minimum absolute atomic E-state index is 0.310. The van der Waals surface area contributed by atoms with E-state index in [4.69, 9.17) is 23.2 Å². The molecule has 0 radical (unpaired) electrons. The monoisotopic (exact) mass is 323 g/mol. The molecule has 0 fully saturated rings. The molecule has 0 aliphatic carbocycles. The molecule has 2 unspecified atom stereocenters. The Morgan fingerprint density at radius 3 is 2.74 bits per heavy atom. The Balaban J connectivity index is 2.51. The molecule has 3 nitrogen and oxygen atoms in total. The Morgan fingerprint density at radius 2 is 2.11 bits per heavy atom. The summed E-state index contributed by atoms with van der Waals surface area (Å²) in [5.74, 6) is 0.633. The molecule has 0 aliphatic heterocycles. The van der Waals surface area contributed by atoms with E-state index in [-0.39, 0.29) is 0 Å². The van der Waals surface area contributed by atoms with Gasteiger partial charge in [-0.1, -0.05) is 23.2 Å². The molecule has 0 bridgehead atoms. The number of hydrogen-bond acceptors (Lipinski definition) is 4. The average Bonchev–Trinajstić information content (AvgIpc) is 2.31. The van der Waals surface area contributed by atoms with Gasteiger partial charge in [0, 0.05) is 34.5 Å². The van der Waals surface area contributed by atoms with Crippen LogP contribution in [0.2, 0.25) is 10.0 Å². The second-order valence-corrected chi connectivity index (χ2v) is 6.45. The van der Waals surface area contributed by atoms with Crippen LogP contribution in [0.15, 0.2) is 18.2 Å². The van der Waals surface area contributed by atoms with Crippen LogP contribution in [0, 0.1) is 0 Å². The van der Waals surface area contributed by atoms with Crippen molar-refractivity contribution in [1.82, 2.24) is 5.32 Å². The van der Waals surface area contributed by atoms with Gasteiger partial charge in [0.05, 0.1) is 11.7 Å². The van der Waals surface area contributed by atoms with Crippen LogP contribution >= 0.6 is 35.0 Å². The van der Waals surface area contributed by atoms with Crippen LogP contribution in [-0.4, -0.2) is 40.9 Å². The van der Waals surface area contributed by atoms with Crippen molar-refractivity contribution in [1.29, 1.82) is 0 Å². The number of aliphatic hydroxyl groups excluding tert-OH is 1. The van der Waals surface area contributed by atoms with Gasteiger partial charge in [0.25, 0.3) is 0 Å². The number of hydrogen-bond donors (Lipinski definition) is 3. The molecule has 108 valence electrons. The van der Waals surface area contributed by atoms with Crippen LogP contribution in [0.25, 0.3) is 0 Å². The van der Waals surface area contributed by atoms with E-state index in [1.54, 1.807) is 36.9 Å². The first-order valence-electron chi connectivity index (χ1n) is 5.91. The fourth-order valence-electron chi connectivity index (χ4n) is 1.72. The molecule has 3 N–H and O–H groups in total. The summed E-state index contributed by atoms with van der Waals surface area (Å²) in [6.45, 7) is 2.48. The molecule has 2 atom stereocenters. The van der Waals surface area contributed by atoms with Crippen molar-refractivity contribution in [3.05, 3.63) is 33.8 Å². The number of aliphatic hydroxyl groups is 2. The summed E-state index contributed by atoms with van der Waals surface area (Å²) in [7, 11) is 0. The maximum absolute atomic E-state index is 10.1. The van der Waals surface area contributed by atoms with Crippen LogP contribution in [0.3, 0.4) is 0 Å². The predicted molar refractivity (Wildman–Crippen MR) is 83.3 cm³/mol. The number of benzene rings is 1. The minimum Gasteiger partial charge on any atom is -0.388 e. The summed E-state index contributed by atoms with van der Waals surface area (Å²) in [6.07, 6.45) is 1.19. The maximum Gasteiger partial charge on any atom is 0.0929 e. The molecule has 0 aliphatic rings. The predicted octanol–water partition coefficient (Wildman–Crippen LogP) is 2.73. The highest BCUT2D eigenvalue weighted by Gasteiger charge is 2.20. The molecule has 0 heterocycles. The fraction of sp³-hybridized carbons (Fsp3) is 0.538. The topological polar surface area (TPSA) is 52.5 Å². The van der Waals surface area contributed by atoms with Crippen molar-refractivity contribution < 1.29 is 10.2 Å². The Kier molecular flexibility index (Phi) is 6.94. The third-order valence-electron chi connectivity index (χ3n) is 2.62. The third kappa shape index (κ3) is 5.90. The van der Waals surface area contributed by atoms with Gasteiger partial charge in [0.2, 0.25) is 0 Å². The quantitative estimate of drug-likeness (QED) is 0.722. The first-order chi connectivity index (χ1) is 8.85. The van der Waals surface area contributed by atoms with E-state index < -0.39 is 11.7 Å². The van der Waals surface area contributed by atoms with Crippen molar-refractivity contribution in [3.8, 4) is 0 Å². The standard InChI is InChI=1S/C13H19Cl2NO2S/c1-13(18,8-19-2)7-16-6-12(17)10-5-9(14)3-4-11(10)15/h3-5,12,16-18H,6-8H2,1-2H3. The van der Waals surface area contributed by atoms with Crippen molar-refractivity contribution in [2.45, 2.75) is 18.6 Å². The van der Waals surface area contributed by atoms with Gasteiger partial charge in [-0.2, -0.15) is 11.8 Å². The van der Waals surface area contributed by atoms with Crippen molar-refractivity contribution in [2.75, 3.05) is 25.1 Å². The lowest BCUT2D eigenvalue weighted by Gasteiger charge is -2.23. The molecule has 1 aromatic carbocycles. The van der Waals surface area contributed by atoms with Crippen molar-refractivity contribution in [3.63, 3.8) is 0 Å². The molecule has 0 saturated heterocycles. The van der Waals surface area contributed by atoms with E-state index in [0.29, 0.717) is 34.5 Å². The zero-order valence-corrected chi connectivity index (χ0v) is 13.3. The highest BCUT2D eigenvalue weighted by Crippen LogP contribution is 2.26. The maximum atomic E-state index is 10.1. The Morgan fingerprint density at radius 1 is 1.42 bits per heavy atom. The summed E-state index contributed by atoms with van der Waals surface area (Å²) >= 11 is 13.5. The zero-order chi connectivity index (χ0) is 14.5. The minimum atomic E-state index is -0.794. The van der Waals surface area contributed by atoms with Gasteiger partial charge in [-0.15, -0.1) is 0 Å². The van der Waals surface area contributed by atoms with Gasteiger partial charge >= 0.3 is 0 Å². The van der Waals surface area contributed by atoms with Gasteiger partial charge in [-0.25, -0.2) is 0 Å². The van der Waals surface area contributed by atoms with E-state index in [1.165, 1.54) is 0 Å². The lowest BCUT2D eigenvalue weighted by Crippen LogP contribution is -2.41. The van der Waals surface area contributed by atoms with Gasteiger partial charge in [0.15, 0.2) is 0 Å². The third-order valence-corrected chi connectivity index (χ3v) is 4.11. The Bertz CT molecular complexity index is 416. The van der Waals surface area contributed by atoms with Crippen LogP contribution in [0.5, 0.6) is 0 Å². The molecular weight excluding hydrogens is 305 g/mol. The number of thioether (sulfide) groups is 1. The van der Waals surface area contributed by atoms with Crippen LogP contribution in [0.1, 0.15) is 18.6 Å². The second kappa shape index (κ2) is 7.72. The first kappa shape index (κ1) is 17.1. The molecule has 6 heteroatoms. The fourth-order valence-corrected chi connectivity index (χ4v) is 2.87. The number of halogens is 2. The SMILES string of the molecule is CSCC(C)(O)CNCC(O)c1cc(Cl)ccc1Cl. The Hall–Kier alpha value is 0.0300. The molecule has 0 spiro atoms. The summed E-state index contributed by atoms with van der Waals surface area (Å²) in [4.78, 5) is 0. The molecule has 19 heavy (non-hydrogen) atoms. The number of rotatable bonds is 7. The summed E-state index contributed by atoms with van der Waals surface area (Å²) in [5, 5.41) is 24.1. The second-order valence-electron chi connectivity index (χ2n) is 4.74. The molecule has 1 rings (SSSR count). The van der Waals surface area contributed by atoms with Gasteiger partial charge in [-0.05, 0) is 31.4 Å². The lowest BCUT2D eigenvalue weighted by atomic mass is 10.1. The van der Waals surface area contributed by atoms with E-state index in [9.17, 15) is 10.2 Å². The molecule has 0 saturated carbocycles. The van der Waals surface area contributed by atoms with Gasteiger partial charge < -0.3 is 15.5 Å². The summed E-state index contributed by atoms with van der Waals surface area (Å²) < 4.78 is 0. The lowest BCUT2D eigenvalue weighted by molar-refractivity contribution is 0.0786. The highest BCUT2D eigenvalue weighted by atomic mass is 35.5. The van der Waals surface area contributed by atoms with Crippen molar-refractivity contribution >= 4 is 35.0 Å². The zero-order valence-electron chi connectivity index (χ0n) is 11.0. The van der Waals surface area contributed by atoms with E-state index in [1.807, 2.05) is 6.26 Å². The Labute approximate surface area is 128 Å². The first-order valence-corrected chi connectivity index (χ1v) is 8.06. The smallest absolute Gasteiger partial charge is 0.0929 e. The summed E-state index contributed by atoms with van der Waals surface area (Å²) in [5.41, 5.74) is -0.205. The molecular formula is C13H19Cl2NO2S. The average molecular weight is 324 g/mol. The number of nitrogens with one attached hydrogen (secondary N) is 1. The van der Waals surface area contributed by atoms with Gasteiger partial charge in [0.1, 0.15) is 0 Å². The van der Waals surface area contributed by atoms with Crippen LogP contribution in [0.4, 0.5) is 0 Å². The van der Waals surface area contributed by atoms with E-state index in [0.717, 1.165) is 0 Å². The van der Waals surface area contributed by atoms with Crippen LogP contribution in [-0.2, 0) is 0 Å². The summed E-state index contributed by atoms with van der Waals surface area (Å²) in [6, 6.07) is 4.99. The van der Waals surface area contributed by atoms with Crippen LogP contribution < -0.4 is 5.32 Å². The molecule has 1 aromatic rings. The van der Waals surface area contributed by atoms with Gasteiger partial charge in [-0.3, -0.25) is 0 Å². The molecule has 0 amide bonds. The normalized spacial score (nSPS) is 16.1. The van der Waals surface area contributed by atoms with E-state index >= 15 is 0 Å². The van der Waals surface area contributed by atoms with E-state index in [2.05, 4.69) is 5.32 Å². The molecule has 0 aromatic heterocycles. The highest BCUT2D eigenvalue weighted by molar-refractivity contribution is 7.98. The largest absolute Gasteiger partial charge is 0.388 e.